The second-order valence-electron chi connectivity index (χ2n) is 5.06. The Morgan fingerprint density at radius 1 is 1.50 bits per heavy atom. The molecule has 0 spiro atoms. The fourth-order valence-electron chi connectivity index (χ4n) is 2.11. The molecule has 0 unspecified atom stereocenters. The van der Waals surface area contributed by atoms with Crippen molar-refractivity contribution in [1.82, 2.24) is 9.55 Å². The van der Waals surface area contributed by atoms with Gasteiger partial charge in [-0.25, -0.2) is 4.79 Å². The molecule has 1 aromatic heterocycles. The van der Waals surface area contributed by atoms with Gasteiger partial charge in [0.25, 0.3) is 5.56 Å². The lowest BCUT2D eigenvalue weighted by Crippen LogP contribution is -2.31. The lowest BCUT2D eigenvalue weighted by atomic mass is 9.85. The number of carbonyl (C=O) groups excluding carboxylic acids is 2. The second kappa shape index (κ2) is 6.42. The summed E-state index contributed by atoms with van der Waals surface area (Å²) < 4.78 is 6.97. The van der Waals surface area contributed by atoms with Crippen LogP contribution in [0.1, 0.15) is 26.5 Å². The first kappa shape index (κ1) is 16.0. The highest BCUT2D eigenvalue weighted by atomic mass is 16.5. The highest BCUT2D eigenvalue weighted by Gasteiger charge is 2.42. The van der Waals surface area contributed by atoms with E-state index in [1.165, 1.54) is 16.8 Å². The zero-order valence-electron chi connectivity index (χ0n) is 11.2. The number of H-pyrrole nitrogens is 1. The Hall–Kier alpha value is -2.02. The second-order valence-corrected chi connectivity index (χ2v) is 5.06. The molecular formula is C12H16N2O6. The van der Waals surface area contributed by atoms with Crippen molar-refractivity contribution < 1.29 is 19.4 Å². The third kappa shape index (κ3) is 3.51. The third-order valence-corrected chi connectivity index (χ3v) is 3.22. The van der Waals surface area contributed by atoms with Gasteiger partial charge in [0, 0.05) is 18.7 Å². The van der Waals surface area contributed by atoms with Crippen molar-refractivity contribution in [1.29, 1.82) is 0 Å². The van der Waals surface area contributed by atoms with Gasteiger partial charge in [0.1, 0.15) is 6.23 Å². The molecule has 0 radical (unpaired) electrons. The maximum absolute atomic E-state index is 11.6. The average Bonchev–Trinajstić information content (AvgIpc) is 2.65. The van der Waals surface area contributed by atoms with Gasteiger partial charge in [0.2, 0.25) is 0 Å². The maximum atomic E-state index is 11.6. The number of hydrogen-bond acceptors (Lipinski definition) is 6. The van der Waals surface area contributed by atoms with Crippen LogP contribution in [0.25, 0.3) is 0 Å². The third-order valence-electron chi connectivity index (χ3n) is 3.22. The maximum Gasteiger partial charge on any atom is 0.373 e. The molecule has 1 aliphatic rings. The number of aliphatic hydroxyl groups is 1. The quantitative estimate of drug-likeness (QED) is 0.738. The monoisotopic (exact) mass is 284 g/mol. The van der Waals surface area contributed by atoms with Crippen LogP contribution in [0.2, 0.25) is 0 Å². The van der Waals surface area contributed by atoms with E-state index in [0.29, 0.717) is 6.42 Å². The van der Waals surface area contributed by atoms with Gasteiger partial charge < -0.3 is 9.84 Å². The molecule has 8 nitrogen and oxygen atoms in total. The largest absolute Gasteiger partial charge is 0.394 e. The van der Waals surface area contributed by atoms with Gasteiger partial charge in [-0.3, -0.25) is 14.3 Å². The predicted molar refractivity (Wildman–Crippen MR) is 65.7 cm³/mol. The Bertz CT molecular complexity index is 596. The molecule has 2 rings (SSSR count). The topological polar surface area (TPSA) is 118 Å². The van der Waals surface area contributed by atoms with Crippen LogP contribution in [0.4, 0.5) is 0 Å². The van der Waals surface area contributed by atoms with E-state index in [9.17, 15) is 14.7 Å². The molecule has 20 heavy (non-hydrogen) atoms. The molecule has 8 heteroatoms. The van der Waals surface area contributed by atoms with E-state index in [4.69, 9.17) is 14.3 Å². The average molecular weight is 284 g/mol. The first-order valence-corrected chi connectivity index (χ1v) is 5.92. The summed E-state index contributed by atoms with van der Waals surface area (Å²) >= 11 is 0. The van der Waals surface area contributed by atoms with E-state index in [0.717, 1.165) is 0 Å². The fourth-order valence-corrected chi connectivity index (χ4v) is 2.11. The zero-order valence-corrected chi connectivity index (χ0v) is 11.2. The Morgan fingerprint density at radius 2 is 2.10 bits per heavy atom. The molecule has 2 atom stereocenters. The summed E-state index contributed by atoms with van der Waals surface area (Å²) in [6.07, 6.45) is 1.55. The van der Waals surface area contributed by atoms with Gasteiger partial charge in [-0.05, 0) is 5.41 Å². The summed E-state index contributed by atoms with van der Waals surface area (Å²) in [5, 5.41) is 9.21. The van der Waals surface area contributed by atoms with Gasteiger partial charge >= 0.3 is 11.8 Å². The molecule has 1 aliphatic heterocycles. The normalized spacial score (nSPS) is 23.6. The summed E-state index contributed by atoms with van der Waals surface area (Å²) in [6.45, 7) is 3.87. The molecule has 0 saturated carbocycles. The van der Waals surface area contributed by atoms with Crippen molar-refractivity contribution in [3.8, 4) is 0 Å². The van der Waals surface area contributed by atoms with Crippen molar-refractivity contribution in [3.05, 3.63) is 33.1 Å². The summed E-state index contributed by atoms with van der Waals surface area (Å²) in [6, 6.07) is 1.28. The first-order chi connectivity index (χ1) is 9.35. The number of ether oxygens (including phenoxy) is 1. The minimum atomic E-state index is -0.489. The van der Waals surface area contributed by atoms with Gasteiger partial charge in [0.15, 0.2) is 0 Å². The molecular weight excluding hydrogens is 268 g/mol. The van der Waals surface area contributed by atoms with Gasteiger partial charge in [-0.15, -0.1) is 0 Å². The number of aromatic nitrogens is 2. The standard InChI is InChI=1S/C11H16N2O4.CO2/c1-11(2)5-9(17-7(11)6-14)13-4-3-8(15)12-10(13)16;2-1-3/h3-4,7,9,14H,5-6H2,1-2H3,(H,12,15,16);/t7-,9+;/m1./s1. The first-order valence-electron chi connectivity index (χ1n) is 5.92. The number of rotatable bonds is 2. The highest BCUT2D eigenvalue weighted by molar-refractivity contribution is 5.20. The van der Waals surface area contributed by atoms with Crippen molar-refractivity contribution in [2.24, 2.45) is 5.41 Å². The van der Waals surface area contributed by atoms with Crippen LogP contribution in [0.15, 0.2) is 21.9 Å². The molecule has 110 valence electrons. The minimum absolute atomic E-state index is 0.0817. The van der Waals surface area contributed by atoms with Crippen LogP contribution in [0.3, 0.4) is 0 Å². The number of aliphatic hydroxyl groups excluding tert-OH is 1. The molecule has 2 N–H and O–H groups in total. The Balaban J connectivity index is 0.000000612. The lowest BCUT2D eigenvalue weighted by Gasteiger charge is -2.22. The summed E-state index contributed by atoms with van der Waals surface area (Å²) in [7, 11) is 0. The summed E-state index contributed by atoms with van der Waals surface area (Å²) in [5.41, 5.74) is -1.12. The lowest BCUT2D eigenvalue weighted by molar-refractivity contribution is -0.191. The van der Waals surface area contributed by atoms with Gasteiger partial charge in [-0.1, -0.05) is 13.8 Å². The molecule has 1 fully saturated rings. The fraction of sp³-hybridized carbons (Fsp3) is 0.583. The number of nitrogens with zero attached hydrogens (tertiary/aromatic N) is 1. The molecule has 1 aromatic rings. The molecule has 2 heterocycles. The van der Waals surface area contributed by atoms with Crippen molar-refractivity contribution in [2.45, 2.75) is 32.6 Å². The Labute approximate surface area is 114 Å². The van der Waals surface area contributed by atoms with Crippen LogP contribution in [-0.2, 0) is 14.3 Å². The number of aromatic amines is 1. The van der Waals surface area contributed by atoms with E-state index in [1.54, 1.807) is 0 Å². The van der Waals surface area contributed by atoms with Crippen LogP contribution in [0.5, 0.6) is 0 Å². The smallest absolute Gasteiger partial charge is 0.373 e. The van der Waals surface area contributed by atoms with E-state index in [-0.39, 0.29) is 24.3 Å². The van der Waals surface area contributed by atoms with Crippen molar-refractivity contribution >= 4 is 6.15 Å². The number of nitrogens with one attached hydrogen (secondary N) is 1. The highest BCUT2D eigenvalue weighted by Crippen LogP contribution is 2.41. The summed E-state index contributed by atoms with van der Waals surface area (Å²) in [5.74, 6) is 0. The van der Waals surface area contributed by atoms with Crippen LogP contribution >= 0.6 is 0 Å². The minimum Gasteiger partial charge on any atom is -0.394 e. The van der Waals surface area contributed by atoms with Gasteiger partial charge in [-0.2, -0.15) is 9.59 Å². The summed E-state index contributed by atoms with van der Waals surface area (Å²) in [4.78, 5) is 41.0. The van der Waals surface area contributed by atoms with E-state index in [1.807, 2.05) is 13.8 Å². The van der Waals surface area contributed by atoms with Gasteiger partial charge in [0.05, 0.1) is 12.7 Å². The molecule has 0 aliphatic carbocycles. The van der Waals surface area contributed by atoms with Crippen molar-refractivity contribution in [2.75, 3.05) is 6.61 Å². The predicted octanol–water partition coefficient (Wildman–Crippen LogP) is -0.741. The van der Waals surface area contributed by atoms with E-state index < -0.39 is 17.5 Å². The van der Waals surface area contributed by atoms with Crippen LogP contribution in [0, 0.1) is 5.41 Å². The van der Waals surface area contributed by atoms with Crippen LogP contribution in [-0.4, -0.2) is 33.5 Å². The molecule has 0 bridgehead atoms. The molecule has 1 saturated heterocycles. The van der Waals surface area contributed by atoms with E-state index >= 15 is 0 Å². The van der Waals surface area contributed by atoms with Crippen LogP contribution < -0.4 is 11.2 Å². The van der Waals surface area contributed by atoms with E-state index in [2.05, 4.69) is 4.98 Å². The Kier molecular flexibility index (Phi) is 5.15. The van der Waals surface area contributed by atoms with Crippen molar-refractivity contribution in [3.63, 3.8) is 0 Å². The Morgan fingerprint density at radius 3 is 2.55 bits per heavy atom. The zero-order chi connectivity index (χ0) is 15.3. The molecule has 0 aromatic carbocycles. The SMILES string of the molecule is CC1(C)C[C@@H](n2ccc(=O)[nH]c2=O)O[C@@H]1CO.O=C=O. The molecule has 0 amide bonds. The number of hydrogen-bond donors (Lipinski definition) is 2.